The number of benzene rings is 2. The highest BCUT2D eigenvalue weighted by atomic mass is 32.2. The average Bonchev–Trinajstić information content (AvgIpc) is 2.74. The molecule has 3 aromatic rings. The molecule has 1 heterocycles. The molecule has 0 saturated heterocycles. The smallest absolute Gasteiger partial charge is 0.277 e. The predicted molar refractivity (Wildman–Crippen MR) is 122 cm³/mol. The average molecular weight is 454 g/mol. The number of nitrogens with zero attached hydrogens (tertiary/aromatic N) is 2. The van der Waals surface area contributed by atoms with Crippen LogP contribution < -0.4 is 9.99 Å². The summed E-state index contributed by atoms with van der Waals surface area (Å²) in [6.07, 6.45) is 5.27. The van der Waals surface area contributed by atoms with Crippen LogP contribution in [0.5, 0.6) is 0 Å². The lowest BCUT2D eigenvalue weighted by Gasteiger charge is -2.05. The van der Waals surface area contributed by atoms with Gasteiger partial charge < -0.3 is 4.55 Å². The van der Waals surface area contributed by atoms with Crippen LogP contribution in [0.3, 0.4) is 0 Å². The quantitative estimate of drug-likeness (QED) is 0.277. The monoisotopic (exact) mass is 453 g/mol. The van der Waals surface area contributed by atoms with Crippen molar-refractivity contribution in [1.82, 2.24) is 5.43 Å². The fourth-order valence-corrected chi connectivity index (χ4v) is 3.09. The van der Waals surface area contributed by atoms with Crippen LogP contribution >= 0.6 is 0 Å². The number of hydrogen-bond donors (Lipinski definition) is 1. The van der Waals surface area contributed by atoms with E-state index in [4.69, 9.17) is 0 Å². The van der Waals surface area contributed by atoms with E-state index in [0.717, 1.165) is 11.1 Å². The summed E-state index contributed by atoms with van der Waals surface area (Å²) in [5.74, 6) is 0.288. The standard InChI is InChI=1S/C17H19N3O.C7H8O3S/c1-13(2)15-8-6-14(7-9-15)11-18-19-17(21)16-5-4-10-20(3)12-16;1-6-2-4-7(5-3-6)11(8,9)10/h4-13H,1-3H3;2-5H,1H3,(H,8,9,10)/b18-11+;. The number of aromatic nitrogens is 1. The summed E-state index contributed by atoms with van der Waals surface area (Å²) in [6, 6.07) is 17.5. The van der Waals surface area contributed by atoms with Gasteiger partial charge in [0.2, 0.25) is 0 Å². The molecule has 0 bridgehead atoms. The number of hydrogen-bond acceptors (Lipinski definition) is 5. The summed E-state index contributed by atoms with van der Waals surface area (Å²) in [5, 5.41) is 3.99. The number of hydrazone groups is 1. The minimum Gasteiger partial charge on any atom is -0.744 e. The number of rotatable bonds is 5. The molecule has 0 aliphatic carbocycles. The molecule has 0 atom stereocenters. The Labute approximate surface area is 189 Å². The summed E-state index contributed by atoms with van der Waals surface area (Å²) in [7, 11) is -2.40. The van der Waals surface area contributed by atoms with Crippen molar-refractivity contribution in [3.8, 4) is 0 Å². The molecule has 0 unspecified atom stereocenters. The molecule has 0 aliphatic heterocycles. The van der Waals surface area contributed by atoms with Crippen molar-refractivity contribution in [3.63, 3.8) is 0 Å². The lowest BCUT2D eigenvalue weighted by Crippen LogP contribution is -2.29. The second-order valence-corrected chi connectivity index (χ2v) is 8.93. The molecule has 1 aromatic heterocycles. The minimum absolute atomic E-state index is 0.178. The largest absolute Gasteiger partial charge is 0.744 e. The molecule has 7 nitrogen and oxygen atoms in total. The molecule has 3 rings (SSSR count). The van der Waals surface area contributed by atoms with Gasteiger partial charge in [-0.2, -0.15) is 5.10 Å². The molecule has 1 amide bonds. The fraction of sp³-hybridized carbons (Fsp3) is 0.208. The first kappa shape index (κ1) is 24.9. The third-order valence-electron chi connectivity index (χ3n) is 4.49. The maximum Gasteiger partial charge on any atom is 0.277 e. The Morgan fingerprint density at radius 2 is 1.69 bits per heavy atom. The van der Waals surface area contributed by atoms with E-state index in [-0.39, 0.29) is 10.8 Å². The molecule has 0 fully saturated rings. The van der Waals surface area contributed by atoms with Crippen LogP contribution in [0.2, 0.25) is 0 Å². The van der Waals surface area contributed by atoms with E-state index in [1.165, 1.54) is 17.7 Å². The minimum atomic E-state index is -4.27. The molecule has 8 heteroatoms. The van der Waals surface area contributed by atoms with Gasteiger partial charge in [-0.3, -0.25) is 4.79 Å². The summed E-state index contributed by atoms with van der Waals surface area (Å²) >= 11 is 0. The summed E-state index contributed by atoms with van der Waals surface area (Å²) in [4.78, 5) is 11.7. The van der Waals surface area contributed by atoms with Crippen LogP contribution in [0, 0.1) is 6.92 Å². The molecule has 0 radical (unpaired) electrons. The number of carbonyl (C=O) groups excluding carboxylic acids is 1. The summed E-state index contributed by atoms with van der Waals surface area (Å²) < 4.78 is 33.0. The molecule has 2 aromatic carbocycles. The van der Waals surface area contributed by atoms with Crippen molar-refractivity contribution < 1.29 is 22.3 Å². The number of aryl methyl sites for hydroxylation is 2. The predicted octanol–water partition coefficient (Wildman–Crippen LogP) is 3.30. The zero-order valence-electron chi connectivity index (χ0n) is 18.5. The lowest BCUT2D eigenvalue weighted by atomic mass is 10.0. The second kappa shape index (κ2) is 11.3. The molecule has 32 heavy (non-hydrogen) atoms. The summed E-state index contributed by atoms with van der Waals surface area (Å²) in [6.45, 7) is 6.13. The first-order chi connectivity index (χ1) is 15.1. The van der Waals surface area contributed by atoms with E-state index in [2.05, 4.69) is 36.5 Å². The zero-order chi connectivity index (χ0) is 23.7. The normalized spacial score (nSPS) is 11.2. The number of nitrogens with one attached hydrogen (secondary N) is 1. The van der Waals surface area contributed by atoms with Crippen LogP contribution in [0.15, 0.2) is 83.1 Å². The Kier molecular flexibility index (Phi) is 8.80. The highest BCUT2D eigenvalue weighted by molar-refractivity contribution is 7.85. The maximum atomic E-state index is 11.9. The van der Waals surface area contributed by atoms with Gasteiger partial charge in [0.1, 0.15) is 22.7 Å². The zero-order valence-corrected chi connectivity index (χ0v) is 19.3. The van der Waals surface area contributed by atoms with E-state index >= 15 is 0 Å². The topological polar surface area (TPSA) is 103 Å². The van der Waals surface area contributed by atoms with E-state index in [1.807, 2.05) is 42.9 Å². The number of amides is 1. The Balaban J connectivity index is 0.000000278. The van der Waals surface area contributed by atoms with Gasteiger partial charge in [0.05, 0.1) is 11.1 Å². The SMILES string of the molecule is CC(C)c1ccc(/C=N/NC(=O)c2ccc[n+](C)c2)cc1.Cc1ccc(S(=O)(=O)[O-])cc1. The molecule has 0 spiro atoms. The maximum absolute atomic E-state index is 11.9. The van der Waals surface area contributed by atoms with Crippen LogP contribution in [-0.2, 0) is 17.2 Å². The highest BCUT2D eigenvalue weighted by Crippen LogP contribution is 2.13. The van der Waals surface area contributed by atoms with Crippen LogP contribution in [0.4, 0.5) is 0 Å². The van der Waals surface area contributed by atoms with E-state index in [0.29, 0.717) is 11.5 Å². The molecule has 0 saturated carbocycles. The van der Waals surface area contributed by atoms with E-state index < -0.39 is 10.1 Å². The van der Waals surface area contributed by atoms with Crippen LogP contribution in [-0.4, -0.2) is 25.1 Å². The Hall–Kier alpha value is -3.36. The van der Waals surface area contributed by atoms with Crippen molar-refractivity contribution >= 4 is 22.2 Å². The Morgan fingerprint density at radius 1 is 1.06 bits per heavy atom. The van der Waals surface area contributed by atoms with Gasteiger partial charge >= 0.3 is 0 Å². The third kappa shape index (κ3) is 8.05. The Morgan fingerprint density at radius 3 is 2.22 bits per heavy atom. The van der Waals surface area contributed by atoms with Gasteiger partial charge in [-0.05, 0) is 42.2 Å². The van der Waals surface area contributed by atoms with Crippen molar-refractivity contribution in [3.05, 3.63) is 95.3 Å². The number of carbonyl (C=O) groups is 1. The summed E-state index contributed by atoms with van der Waals surface area (Å²) in [5.41, 5.74) is 6.28. The molecule has 0 aliphatic rings. The Bertz CT molecular complexity index is 1170. The van der Waals surface area contributed by atoms with Gasteiger partial charge in [-0.25, -0.2) is 18.4 Å². The van der Waals surface area contributed by atoms with Crippen molar-refractivity contribution in [2.45, 2.75) is 31.6 Å². The van der Waals surface area contributed by atoms with E-state index in [1.54, 1.807) is 30.6 Å². The highest BCUT2D eigenvalue weighted by Gasteiger charge is 2.07. The molecule has 1 N–H and O–H groups in total. The van der Waals surface area contributed by atoms with Crippen LogP contribution in [0.1, 0.15) is 46.8 Å². The van der Waals surface area contributed by atoms with Crippen molar-refractivity contribution in [2.24, 2.45) is 12.1 Å². The van der Waals surface area contributed by atoms with Gasteiger partial charge in [0.25, 0.3) is 5.91 Å². The molecule has 168 valence electrons. The first-order valence-electron chi connectivity index (χ1n) is 9.97. The lowest BCUT2D eigenvalue weighted by molar-refractivity contribution is -0.671. The fourth-order valence-electron chi connectivity index (χ4n) is 2.62. The molecular weight excluding hydrogens is 426 g/mol. The van der Waals surface area contributed by atoms with Crippen molar-refractivity contribution in [1.29, 1.82) is 0 Å². The van der Waals surface area contributed by atoms with Crippen molar-refractivity contribution in [2.75, 3.05) is 0 Å². The number of pyridine rings is 1. The van der Waals surface area contributed by atoms with Gasteiger partial charge in [0.15, 0.2) is 12.4 Å². The third-order valence-corrected chi connectivity index (χ3v) is 5.34. The van der Waals surface area contributed by atoms with Crippen LogP contribution in [0.25, 0.3) is 0 Å². The van der Waals surface area contributed by atoms with E-state index in [9.17, 15) is 17.8 Å². The second-order valence-electron chi connectivity index (χ2n) is 7.55. The van der Waals surface area contributed by atoms with Gasteiger partial charge in [-0.15, -0.1) is 0 Å². The van der Waals surface area contributed by atoms with Gasteiger partial charge in [-0.1, -0.05) is 55.8 Å². The first-order valence-corrected chi connectivity index (χ1v) is 11.4. The molecular formula is C24H27N3O4S. The van der Waals surface area contributed by atoms with Gasteiger partial charge in [0, 0.05) is 6.07 Å².